The van der Waals surface area contributed by atoms with Gasteiger partial charge in [-0.05, 0) is 72.3 Å². The number of ether oxygens (including phenoxy) is 2. The van der Waals surface area contributed by atoms with Crippen molar-refractivity contribution in [2.45, 2.75) is 50.5 Å². The molecule has 2 heterocycles. The second-order valence-corrected chi connectivity index (χ2v) is 9.91. The summed E-state index contributed by atoms with van der Waals surface area (Å²) in [6.07, 6.45) is 4.79. The van der Waals surface area contributed by atoms with Crippen molar-refractivity contribution in [3.63, 3.8) is 0 Å². The van der Waals surface area contributed by atoms with Gasteiger partial charge in [0.2, 0.25) is 0 Å². The maximum Gasteiger partial charge on any atom is 0.335 e. The zero-order valence-corrected chi connectivity index (χ0v) is 19.3. The van der Waals surface area contributed by atoms with Crippen molar-refractivity contribution in [3.8, 4) is 16.9 Å². The average Bonchev–Trinajstić information content (AvgIpc) is 3.18. The molecule has 2 aliphatic heterocycles. The van der Waals surface area contributed by atoms with E-state index in [1.54, 1.807) is 25.3 Å². The zero-order chi connectivity index (χ0) is 23.2. The Hall–Kier alpha value is -2.86. The van der Waals surface area contributed by atoms with Crippen molar-refractivity contribution in [1.82, 2.24) is 4.90 Å². The maximum atomic E-state index is 12.7. The van der Waals surface area contributed by atoms with Gasteiger partial charge in [0.15, 0.2) is 0 Å². The number of carboxylic acid groups (broad SMARTS) is 1. The van der Waals surface area contributed by atoms with Gasteiger partial charge >= 0.3 is 5.97 Å². The molecule has 0 radical (unpaired) electrons. The number of carbonyl (C=O) groups excluding carboxylic acids is 1. The fraction of sp³-hybridized carbons (Fsp3) is 0.481. The van der Waals surface area contributed by atoms with E-state index >= 15 is 0 Å². The van der Waals surface area contributed by atoms with Crippen molar-refractivity contribution < 1.29 is 24.2 Å². The molecule has 2 aromatic rings. The molecule has 0 unspecified atom stereocenters. The minimum Gasteiger partial charge on any atom is -0.496 e. The number of benzene rings is 2. The number of hydrogen-bond donors (Lipinski definition) is 1. The highest BCUT2D eigenvalue weighted by Crippen LogP contribution is 2.69. The molecule has 0 bridgehead atoms. The number of methoxy groups -OCH3 is 1. The van der Waals surface area contributed by atoms with Gasteiger partial charge in [-0.2, -0.15) is 0 Å². The first-order valence-electron chi connectivity index (χ1n) is 11.8. The molecule has 1 spiro atoms. The topological polar surface area (TPSA) is 76.1 Å². The van der Waals surface area contributed by atoms with E-state index in [4.69, 9.17) is 9.47 Å². The molecule has 1 aliphatic carbocycles. The lowest BCUT2D eigenvalue weighted by Gasteiger charge is -2.36. The first-order chi connectivity index (χ1) is 15.9. The molecule has 6 heteroatoms. The Morgan fingerprint density at radius 1 is 1.12 bits per heavy atom. The number of rotatable bonds is 5. The highest BCUT2D eigenvalue weighted by molar-refractivity contribution is 5.90. The fourth-order valence-corrected chi connectivity index (χ4v) is 5.98. The van der Waals surface area contributed by atoms with E-state index in [0.717, 1.165) is 56.3 Å². The minimum atomic E-state index is -0.952. The first kappa shape index (κ1) is 22.0. The largest absolute Gasteiger partial charge is 0.496 e. The van der Waals surface area contributed by atoms with Crippen molar-refractivity contribution >= 4 is 11.9 Å². The van der Waals surface area contributed by atoms with Crippen molar-refractivity contribution in [1.29, 1.82) is 0 Å². The number of piperidine rings is 1. The Morgan fingerprint density at radius 3 is 2.45 bits per heavy atom. The smallest absolute Gasteiger partial charge is 0.335 e. The summed E-state index contributed by atoms with van der Waals surface area (Å²) < 4.78 is 11.1. The number of nitrogens with zero attached hydrogens (tertiary/aromatic N) is 1. The van der Waals surface area contributed by atoms with Gasteiger partial charge in [0, 0.05) is 25.3 Å². The highest BCUT2D eigenvalue weighted by Gasteiger charge is 2.65. The molecule has 0 aromatic heterocycles. The number of amides is 1. The van der Waals surface area contributed by atoms with Gasteiger partial charge in [0.05, 0.1) is 12.7 Å². The molecule has 2 aromatic carbocycles. The minimum absolute atomic E-state index is 0.109. The summed E-state index contributed by atoms with van der Waals surface area (Å²) in [4.78, 5) is 26.1. The Balaban J connectivity index is 1.30. The Morgan fingerprint density at radius 2 is 1.85 bits per heavy atom. The van der Waals surface area contributed by atoms with Gasteiger partial charge in [0.1, 0.15) is 11.9 Å². The number of hydrogen-bond acceptors (Lipinski definition) is 4. The maximum absolute atomic E-state index is 12.7. The summed E-state index contributed by atoms with van der Waals surface area (Å²) in [6, 6.07) is 13.4. The molecule has 2 saturated heterocycles. The van der Waals surface area contributed by atoms with Crippen LogP contribution in [-0.4, -0.2) is 54.8 Å². The van der Waals surface area contributed by atoms with Crippen LogP contribution >= 0.6 is 0 Å². The lowest BCUT2D eigenvalue weighted by molar-refractivity contribution is -0.142. The number of carboxylic acids is 1. The summed E-state index contributed by atoms with van der Waals surface area (Å²) in [6.45, 7) is 4.66. The highest BCUT2D eigenvalue weighted by atomic mass is 16.5. The van der Waals surface area contributed by atoms with Gasteiger partial charge in [-0.1, -0.05) is 31.2 Å². The molecule has 1 saturated carbocycles. The van der Waals surface area contributed by atoms with Crippen LogP contribution in [0.5, 0.6) is 5.75 Å². The number of aromatic carboxylic acids is 1. The normalized spacial score (nSPS) is 25.8. The molecule has 174 valence electrons. The van der Waals surface area contributed by atoms with Crippen LogP contribution in [0, 0.1) is 5.41 Å². The first-order valence-corrected chi connectivity index (χ1v) is 11.8. The predicted octanol–water partition coefficient (Wildman–Crippen LogP) is 4.51. The third-order valence-electron chi connectivity index (χ3n) is 8.25. The molecule has 3 fully saturated rings. The van der Waals surface area contributed by atoms with Gasteiger partial charge in [-0.3, -0.25) is 4.79 Å². The SMILES string of the molecule is COc1ccc(C(=O)O)cc1-c1ccc([C@]2(C)CC23CCN(C(=O)[C@H]2CCCO2)CC3)cc1. The average molecular weight is 450 g/mol. The van der Waals surface area contributed by atoms with Crippen molar-refractivity contribution in [2.24, 2.45) is 5.41 Å². The zero-order valence-electron chi connectivity index (χ0n) is 19.3. The van der Waals surface area contributed by atoms with Crippen LogP contribution < -0.4 is 4.74 Å². The lowest BCUT2D eigenvalue weighted by Crippen LogP contribution is -2.45. The lowest BCUT2D eigenvalue weighted by atomic mass is 9.81. The van der Waals surface area contributed by atoms with E-state index in [-0.39, 0.29) is 28.4 Å². The Bertz CT molecular complexity index is 1060. The monoisotopic (exact) mass is 449 g/mol. The fourth-order valence-electron chi connectivity index (χ4n) is 5.98. The van der Waals surface area contributed by atoms with Crippen LogP contribution in [0.2, 0.25) is 0 Å². The van der Waals surface area contributed by atoms with Crippen LogP contribution in [0.4, 0.5) is 0 Å². The van der Waals surface area contributed by atoms with Gasteiger partial charge in [0.25, 0.3) is 5.91 Å². The molecule has 5 rings (SSSR count). The van der Waals surface area contributed by atoms with Crippen LogP contribution in [-0.2, 0) is 14.9 Å². The second kappa shape index (κ2) is 8.17. The Labute approximate surface area is 194 Å². The van der Waals surface area contributed by atoms with Crippen molar-refractivity contribution in [3.05, 3.63) is 53.6 Å². The van der Waals surface area contributed by atoms with E-state index < -0.39 is 5.97 Å². The van der Waals surface area contributed by atoms with Crippen LogP contribution in [0.3, 0.4) is 0 Å². The van der Waals surface area contributed by atoms with Crippen LogP contribution in [0.25, 0.3) is 11.1 Å². The molecule has 6 nitrogen and oxygen atoms in total. The standard InChI is InChI=1S/C27H31NO5/c1-26(17-27(26)11-13-28(14-12-27)24(29)23-4-3-15-33-23)20-8-5-18(6-9-20)21-16-19(25(30)31)7-10-22(21)32-2/h5-10,16,23H,3-4,11-15,17H2,1-2H3,(H,30,31)/t23-,26+/m1/s1. The number of carbonyl (C=O) groups is 2. The number of likely N-dealkylation sites (tertiary alicyclic amines) is 1. The third kappa shape index (κ3) is 3.70. The van der Waals surface area contributed by atoms with Crippen LogP contribution in [0.1, 0.15) is 54.9 Å². The molecule has 33 heavy (non-hydrogen) atoms. The van der Waals surface area contributed by atoms with E-state index in [1.165, 1.54) is 5.56 Å². The summed E-state index contributed by atoms with van der Waals surface area (Å²) in [5.41, 5.74) is 3.63. The molecular formula is C27H31NO5. The molecular weight excluding hydrogens is 418 g/mol. The summed E-state index contributed by atoms with van der Waals surface area (Å²) in [7, 11) is 1.60. The molecule has 1 amide bonds. The Kier molecular flexibility index (Phi) is 5.44. The van der Waals surface area contributed by atoms with Gasteiger partial charge in [-0.25, -0.2) is 4.79 Å². The summed E-state index contributed by atoms with van der Waals surface area (Å²) in [5, 5.41) is 9.36. The second-order valence-electron chi connectivity index (χ2n) is 9.91. The summed E-state index contributed by atoms with van der Waals surface area (Å²) >= 11 is 0. The molecule has 2 atom stereocenters. The van der Waals surface area contributed by atoms with Gasteiger partial charge < -0.3 is 19.5 Å². The predicted molar refractivity (Wildman–Crippen MR) is 125 cm³/mol. The van der Waals surface area contributed by atoms with E-state index in [9.17, 15) is 14.7 Å². The molecule has 1 N–H and O–H groups in total. The van der Waals surface area contributed by atoms with E-state index in [2.05, 4.69) is 31.2 Å². The van der Waals surface area contributed by atoms with Crippen LogP contribution in [0.15, 0.2) is 42.5 Å². The van der Waals surface area contributed by atoms with E-state index in [1.807, 2.05) is 4.90 Å². The van der Waals surface area contributed by atoms with E-state index in [0.29, 0.717) is 12.4 Å². The third-order valence-corrected chi connectivity index (χ3v) is 8.25. The summed E-state index contributed by atoms with van der Waals surface area (Å²) in [5.74, 6) is -0.121. The van der Waals surface area contributed by atoms with Gasteiger partial charge in [-0.15, -0.1) is 0 Å². The molecule has 3 aliphatic rings. The quantitative estimate of drug-likeness (QED) is 0.727. The van der Waals surface area contributed by atoms with Crippen molar-refractivity contribution in [2.75, 3.05) is 26.8 Å².